The highest BCUT2D eigenvalue weighted by molar-refractivity contribution is 7.99. The fourth-order valence-electron chi connectivity index (χ4n) is 8.67. The predicted molar refractivity (Wildman–Crippen MR) is 221 cm³/mol. The lowest BCUT2D eigenvalue weighted by Crippen LogP contribution is -2.32. The first-order chi connectivity index (χ1) is 26.8. The van der Waals surface area contributed by atoms with Crippen LogP contribution < -0.4 is 0 Å². The van der Waals surface area contributed by atoms with Crippen molar-refractivity contribution in [1.29, 1.82) is 0 Å². The maximum Gasteiger partial charge on any atom is 0.160 e. The Morgan fingerprint density at radius 1 is 0.407 bits per heavy atom. The summed E-state index contributed by atoms with van der Waals surface area (Å²) in [5.41, 5.74) is 14.5. The molecule has 7 aromatic carbocycles. The number of pyridine rings is 1. The van der Waals surface area contributed by atoms with Gasteiger partial charge in [-0.1, -0.05) is 151 Å². The van der Waals surface area contributed by atoms with Crippen LogP contribution in [-0.4, -0.2) is 15.0 Å². The SMILES string of the molecule is c1ccc(-c2cc(-c3ccc4c(c3)C3(c5cc(-c6cccc7cnccc67)ccc5S4)c4ccccc4-c4ccccc43)nc(-c3ccccc3)n2)cc1. The van der Waals surface area contributed by atoms with Gasteiger partial charge in [0.25, 0.3) is 0 Å². The van der Waals surface area contributed by atoms with E-state index in [-0.39, 0.29) is 0 Å². The van der Waals surface area contributed by atoms with Gasteiger partial charge in [-0.05, 0) is 86.3 Å². The molecule has 0 saturated heterocycles. The predicted octanol–water partition coefficient (Wildman–Crippen LogP) is 12.5. The van der Waals surface area contributed by atoms with Crippen LogP contribution in [0.15, 0.2) is 198 Å². The highest BCUT2D eigenvalue weighted by atomic mass is 32.2. The Balaban J connectivity index is 1.19. The third kappa shape index (κ3) is 4.67. The van der Waals surface area contributed by atoms with Gasteiger partial charge in [-0.3, -0.25) is 4.98 Å². The molecule has 2 aromatic heterocycles. The summed E-state index contributed by atoms with van der Waals surface area (Å²) in [4.78, 5) is 17.3. The second kappa shape index (κ2) is 12.2. The van der Waals surface area contributed by atoms with E-state index in [2.05, 4.69) is 157 Å². The maximum atomic E-state index is 5.26. The number of fused-ring (bicyclic) bond motifs is 10. The molecule has 0 fully saturated rings. The highest BCUT2D eigenvalue weighted by Gasteiger charge is 2.50. The monoisotopic (exact) mass is 705 g/mol. The molecule has 2 aliphatic rings. The Kier molecular flexibility index (Phi) is 7.01. The van der Waals surface area contributed by atoms with E-state index < -0.39 is 5.41 Å². The van der Waals surface area contributed by atoms with Gasteiger partial charge in [0.15, 0.2) is 5.82 Å². The molecule has 3 nitrogen and oxygen atoms in total. The van der Waals surface area contributed by atoms with Crippen LogP contribution in [0.2, 0.25) is 0 Å². The number of aromatic nitrogens is 3. The Bertz CT molecular complexity index is 2810. The number of hydrogen-bond acceptors (Lipinski definition) is 4. The van der Waals surface area contributed by atoms with Crippen molar-refractivity contribution in [3.63, 3.8) is 0 Å². The highest BCUT2D eigenvalue weighted by Crippen LogP contribution is 2.63. The minimum atomic E-state index is -0.543. The van der Waals surface area contributed by atoms with E-state index in [1.54, 1.807) is 0 Å². The van der Waals surface area contributed by atoms with Gasteiger partial charge >= 0.3 is 0 Å². The van der Waals surface area contributed by atoms with Crippen LogP contribution in [0.3, 0.4) is 0 Å². The van der Waals surface area contributed by atoms with Gasteiger partial charge in [-0.2, -0.15) is 0 Å². The number of benzene rings is 7. The summed E-state index contributed by atoms with van der Waals surface area (Å²) < 4.78 is 0. The minimum absolute atomic E-state index is 0.543. The van der Waals surface area contributed by atoms with Crippen LogP contribution in [0.25, 0.3) is 66.9 Å². The first-order valence-corrected chi connectivity index (χ1v) is 19.1. The summed E-state index contributed by atoms with van der Waals surface area (Å²) in [7, 11) is 0. The molecule has 0 bridgehead atoms. The van der Waals surface area contributed by atoms with Crippen LogP contribution in [0.5, 0.6) is 0 Å². The fraction of sp³-hybridized carbons (Fsp3) is 0.0200. The van der Waals surface area contributed by atoms with Crippen LogP contribution >= 0.6 is 11.8 Å². The van der Waals surface area contributed by atoms with Crippen LogP contribution in [0.1, 0.15) is 22.3 Å². The zero-order valence-electron chi connectivity index (χ0n) is 29.1. The van der Waals surface area contributed by atoms with Crippen molar-refractivity contribution in [2.45, 2.75) is 15.2 Å². The molecule has 11 rings (SSSR count). The van der Waals surface area contributed by atoms with Gasteiger partial charge in [0.1, 0.15) is 0 Å². The molecule has 1 aliphatic heterocycles. The van der Waals surface area contributed by atoms with E-state index in [9.17, 15) is 0 Å². The summed E-state index contributed by atoms with van der Waals surface area (Å²) in [6.07, 6.45) is 3.84. The lowest BCUT2D eigenvalue weighted by Gasteiger charge is -2.40. The zero-order valence-corrected chi connectivity index (χ0v) is 30.0. The third-order valence-electron chi connectivity index (χ3n) is 11.1. The van der Waals surface area contributed by atoms with Crippen molar-refractivity contribution in [2.75, 3.05) is 0 Å². The molecule has 1 spiro atoms. The molecule has 0 saturated carbocycles. The standard InChI is InChI=1S/C50H31N3S/c1-3-12-32(13-4-1)45-30-46(53-49(52-45)33-14-5-2-6-15-33)35-23-25-48-44(29-35)50(41-20-9-7-17-39(41)40-18-8-10-21-42(40)50)43-28-34(22-24-47(43)54-48)37-19-11-16-36-31-51-27-26-38(36)37/h1-31H. The van der Waals surface area contributed by atoms with E-state index in [0.29, 0.717) is 5.82 Å². The fourth-order valence-corrected chi connectivity index (χ4v) is 9.83. The van der Waals surface area contributed by atoms with Crippen molar-refractivity contribution in [3.8, 4) is 56.2 Å². The van der Waals surface area contributed by atoms with Crippen LogP contribution in [0.4, 0.5) is 0 Å². The molecule has 4 heteroatoms. The quantitative estimate of drug-likeness (QED) is 0.183. The Labute approximate surface area is 318 Å². The molecule has 0 radical (unpaired) electrons. The Hall–Kier alpha value is -6.62. The molecule has 252 valence electrons. The van der Waals surface area contributed by atoms with E-state index in [0.717, 1.165) is 33.5 Å². The second-order valence-corrected chi connectivity index (χ2v) is 15.0. The molecule has 0 N–H and O–H groups in total. The molecule has 9 aromatic rings. The van der Waals surface area contributed by atoms with Gasteiger partial charge < -0.3 is 0 Å². The topological polar surface area (TPSA) is 38.7 Å². The number of rotatable bonds is 4. The first kappa shape index (κ1) is 31.0. The van der Waals surface area contributed by atoms with Gasteiger partial charge in [0, 0.05) is 44.3 Å². The van der Waals surface area contributed by atoms with E-state index in [4.69, 9.17) is 9.97 Å². The zero-order chi connectivity index (χ0) is 35.6. The molecule has 1 aliphatic carbocycles. The summed E-state index contributed by atoms with van der Waals surface area (Å²) in [5, 5.41) is 2.34. The molecule has 3 heterocycles. The van der Waals surface area contributed by atoms with Crippen molar-refractivity contribution < 1.29 is 0 Å². The lowest BCUT2D eigenvalue weighted by molar-refractivity contribution is 0.723. The van der Waals surface area contributed by atoms with Crippen molar-refractivity contribution in [3.05, 3.63) is 211 Å². The first-order valence-electron chi connectivity index (χ1n) is 18.3. The lowest BCUT2D eigenvalue weighted by atomic mass is 9.66. The largest absolute Gasteiger partial charge is 0.264 e. The molecule has 0 atom stereocenters. The van der Waals surface area contributed by atoms with Gasteiger partial charge in [0.05, 0.1) is 16.8 Å². The molecule has 54 heavy (non-hydrogen) atoms. The normalized spacial score (nSPS) is 13.3. The third-order valence-corrected chi connectivity index (χ3v) is 12.2. The van der Waals surface area contributed by atoms with E-state index in [1.807, 2.05) is 48.4 Å². The number of hydrogen-bond donors (Lipinski definition) is 0. The Morgan fingerprint density at radius 3 is 1.69 bits per heavy atom. The second-order valence-electron chi connectivity index (χ2n) is 14.0. The number of nitrogens with zero attached hydrogens (tertiary/aromatic N) is 3. The van der Waals surface area contributed by atoms with Crippen molar-refractivity contribution in [2.24, 2.45) is 0 Å². The van der Waals surface area contributed by atoms with Crippen molar-refractivity contribution >= 4 is 22.5 Å². The molecule has 0 amide bonds. The summed E-state index contributed by atoms with van der Waals surface area (Å²) in [5.74, 6) is 0.714. The molecule has 0 unspecified atom stereocenters. The van der Waals surface area contributed by atoms with Crippen LogP contribution in [-0.2, 0) is 5.41 Å². The summed E-state index contributed by atoms with van der Waals surface area (Å²) >= 11 is 1.86. The van der Waals surface area contributed by atoms with Gasteiger partial charge in [0.2, 0.25) is 0 Å². The van der Waals surface area contributed by atoms with Crippen molar-refractivity contribution in [1.82, 2.24) is 15.0 Å². The minimum Gasteiger partial charge on any atom is -0.264 e. The van der Waals surface area contributed by atoms with Gasteiger partial charge in [-0.15, -0.1) is 0 Å². The summed E-state index contributed by atoms with van der Waals surface area (Å²) in [6, 6.07) is 63.5. The average Bonchev–Trinajstić information content (AvgIpc) is 3.54. The Morgan fingerprint density at radius 2 is 0.981 bits per heavy atom. The van der Waals surface area contributed by atoms with Gasteiger partial charge in [-0.25, -0.2) is 9.97 Å². The average molecular weight is 706 g/mol. The molecular weight excluding hydrogens is 675 g/mol. The maximum absolute atomic E-state index is 5.26. The van der Waals surface area contributed by atoms with E-state index >= 15 is 0 Å². The van der Waals surface area contributed by atoms with Crippen LogP contribution in [0, 0.1) is 0 Å². The summed E-state index contributed by atoms with van der Waals surface area (Å²) in [6.45, 7) is 0. The van der Waals surface area contributed by atoms with E-state index in [1.165, 1.54) is 59.7 Å². The smallest absolute Gasteiger partial charge is 0.160 e. The molecular formula is C50H31N3S.